The minimum Gasteiger partial charge on any atom is -0.400 e. The minimum atomic E-state index is -0.829. The van der Waals surface area contributed by atoms with Crippen LogP contribution in [0.4, 0.5) is 5.95 Å². The van der Waals surface area contributed by atoms with E-state index >= 15 is 0 Å². The molecule has 0 radical (unpaired) electrons. The van der Waals surface area contributed by atoms with Crippen molar-refractivity contribution in [2.45, 2.75) is 53.1 Å². The van der Waals surface area contributed by atoms with Crippen LogP contribution in [0, 0.1) is 5.92 Å². The van der Waals surface area contributed by atoms with Crippen LogP contribution in [0.5, 0.6) is 0 Å². The smallest absolute Gasteiger partial charge is 0.280 e. The highest BCUT2D eigenvalue weighted by Crippen LogP contribution is 2.28. The molecular weight excluding hydrogens is 342 g/mol. The molecule has 1 saturated heterocycles. The van der Waals surface area contributed by atoms with Gasteiger partial charge in [0, 0.05) is 19.4 Å². The van der Waals surface area contributed by atoms with E-state index in [1.165, 1.54) is 6.33 Å². The molecule has 4 N–H and O–H groups in total. The Hall–Kier alpha value is -2.30. The number of hydrogen-bond acceptors (Lipinski definition) is 7. The average molecular weight is 369 g/mol. The molecule has 3 rings (SSSR count). The van der Waals surface area contributed by atoms with Crippen LogP contribution in [0.1, 0.15) is 46.8 Å². The first-order valence-electron chi connectivity index (χ1n) is 8.51. The second-order valence-electron chi connectivity index (χ2n) is 5.51. The van der Waals surface area contributed by atoms with Gasteiger partial charge >= 0.3 is 0 Å². The number of amides is 1. The van der Waals surface area contributed by atoms with E-state index in [9.17, 15) is 14.7 Å². The summed E-state index contributed by atoms with van der Waals surface area (Å²) in [7, 11) is 1.00. The van der Waals surface area contributed by atoms with E-state index in [1.807, 2.05) is 13.8 Å². The van der Waals surface area contributed by atoms with Crippen LogP contribution in [0.3, 0.4) is 0 Å². The quantitative estimate of drug-likeness (QED) is 0.631. The lowest BCUT2D eigenvalue weighted by molar-refractivity contribution is -0.119. The van der Waals surface area contributed by atoms with E-state index in [4.69, 9.17) is 9.84 Å². The Morgan fingerprint density at radius 2 is 2.04 bits per heavy atom. The highest BCUT2D eigenvalue weighted by Gasteiger charge is 2.27. The van der Waals surface area contributed by atoms with Crippen LogP contribution < -0.4 is 10.9 Å². The average Bonchev–Trinajstić information content (AvgIpc) is 3.24. The van der Waals surface area contributed by atoms with Gasteiger partial charge in [-0.3, -0.25) is 24.5 Å². The van der Waals surface area contributed by atoms with Crippen LogP contribution in [-0.4, -0.2) is 49.0 Å². The van der Waals surface area contributed by atoms with Crippen molar-refractivity contribution in [1.29, 1.82) is 0 Å². The molecule has 2 atom stereocenters. The molecule has 2 aromatic rings. The number of rotatable bonds is 3. The van der Waals surface area contributed by atoms with Gasteiger partial charge in [0.1, 0.15) is 6.23 Å². The second-order valence-corrected chi connectivity index (χ2v) is 5.51. The molecule has 1 fully saturated rings. The fourth-order valence-corrected chi connectivity index (χ4v) is 2.26. The summed E-state index contributed by atoms with van der Waals surface area (Å²) in [6.07, 6.45) is 1.29. The molecule has 0 saturated carbocycles. The Labute approximate surface area is 151 Å². The van der Waals surface area contributed by atoms with Crippen molar-refractivity contribution in [3.8, 4) is 0 Å². The van der Waals surface area contributed by atoms with E-state index in [1.54, 1.807) is 18.4 Å². The first-order chi connectivity index (χ1) is 12.5. The highest BCUT2D eigenvalue weighted by molar-refractivity contribution is 5.91. The van der Waals surface area contributed by atoms with Crippen molar-refractivity contribution in [2.24, 2.45) is 5.92 Å². The summed E-state index contributed by atoms with van der Waals surface area (Å²) >= 11 is 0. The lowest BCUT2D eigenvalue weighted by Gasteiger charge is -2.13. The third-order valence-corrected chi connectivity index (χ3v) is 3.48. The fourth-order valence-electron chi connectivity index (χ4n) is 2.26. The van der Waals surface area contributed by atoms with Gasteiger partial charge in [0.2, 0.25) is 11.9 Å². The summed E-state index contributed by atoms with van der Waals surface area (Å²) in [6, 6.07) is 0. The minimum absolute atomic E-state index is 0.0662. The van der Waals surface area contributed by atoms with Gasteiger partial charge in [-0.25, -0.2) is 4.98 Å². The number of aliphatic hydroxyl groups is 2. The third-order valence-electron chi connectivity index (χ3n) is 3.48. The zero-order valence-corrected chi connectivity index (χ0v) is 15.7. The maximum Gasteiger partial charge on any atom is 0.280 e. The number of fused-ring (bicyclic) bond motifs is 1. The Morgan fingerprint density at radius 3 is 2.58 bits per heavy atom. The first kappa shape index (κ1) is 21.7. The topological polar surface area (TPSA) is 142 Å². The molecule has 0 aliphatic carbocycles. The normalized spacial score (nSPS) is 18.8. The first-order valence-corrected chi connectivity index (χ1v) is 8.51. The summed E-state index contributed by atoms with van der Waals surface area (Å²) in [6.45, 7) is 7.48. The molecule has 0 spiro atoms. The van der Waals surface area contributed by atoms with Gasteiger partial charge in [-0.2, -0.15) is 4.98 Å². The number of nitrogens with one attached hydrogen (secondary N) is 2. The van der Waals surface area contributed by atoms with Crippen LogP contribution in [0.2, 0.25) is 0 Å². The molecule has 1 amide bonds. The van der Waals surface area contributed by atoms with Gasteiger partial charge in [-0.15, -0.1) is 0 Å². The van der Waals surface area contributed by atoms with Gasteiger partial charge in [0.25, 0.3) is 5.56 Å². The van der Waals surface area contributed by atoms with Crippen molar-refractivity contribution < 1.29 is 19.7 Å². The number of aromatic nitrogens is 4. The highest BCUT2D eigenvalue weighted by atomic mass is 16.6. The largest absolute Gasteiger partial charge is 0.400 e. The van der Waals surface area contributed by atoms with E-state index in [0.717, 1.165) is 7.11 Å². The number of ether oxygens (including phenoxy) is 1. The predicted molar refractivity (Wildman–Crippen MR) is 96.5 cm³/mol. The molecule has 3 heterocycles. The molecule has 10 heteroatoms. The summed E-state index contributed by atoms with van der Waals surface area (Å²) in [4.78, 5) is 34.5. The number of aromatic amines is 1. The molecule has 2 aromatic heterocycles. The summed E-state index contributed by atoms with van der Waals surface area (Å²) < 4.78 is 6.94. The van der Waals surface area contributed by atoms with Crippen molar-refractivity contribution in [3.63, 3.8) is 0 Å². The van der Waals surface area contributed by atoms with Gasteiger partial charge in [0.15, 0.2) is 17.5 Å². The Balaban J connectivity index is 0.000000791. The standard InChI is InChI=1S/C13H17N5O4.C2H6.CH4O/c1-6(2)11(20)16-13-15-10-9(12(21)17-13)14-5-18(10)7-3-4-8(19)22-7;2*1-2/h5-8,19H,3-4H2,1-2H3,(H2,15,16,17,20,21);1-2H3;2H,1H3/t7?,8-;;/m0../s1. The predicted octanol–water partition coefficient (Wildman–Crippen LogP) is 0.976. The Kier molecular flexibility index (Phi) is 8.36. The summed E-state index contributed by atoms with van der Waals surface area (Å²) in [5.41, 5.74) is 0.0239. The van der Waals surface area contributed by atoms with Gasteiger partial charge in [-0.1, -0.05) is 27.7 Å². The number of carbonyl (C=O) groups is 1. The Bertz CT molecular complexity index is 770. The molecule has 0 bridgehead atoms. The van der Waals surface area contributed by atoms with Crippen LogP contribution in [0.25, 0.3) is 11.2 Å². The van der Waals surface area contributed by atoms with Crippen LogP contribution in [-0.2, 0) is 9.53 Å². The van der Waals surface area contributed by atoms with Crippen molar-refractivity contribution in [3.05, 3.63) is 16.7 Å². The molecule has 0 aromatic carbocycles. The third kappa shape index (κ3) is 4.87. The molecule has 26 heavy (non-hydrogen) atoms. The zero-order chi connectivity index (χ0) is 19.9. The van der Waals surface area contributed by atoms with Crippen molar-refractivity contribution in [2.75, 3.05) is 12.4 Å². The number of imidazole rings is 1. The monoisotopic (exact) mass is 369 g/mol. The van der Waals surface area contributed by atoms with Gasteiger partial charge in [0.05, 0.1) is 6.33 Å². The van der Waals surface area contributed by atoms with Crippen LogP contribution in [0.15, 0.2) is 11.1 Å². The lowest BCUT2D eigenvalue weighted by atomic mass is 10.2. The fraction of sp³-hybridized carbons (Fsp3) is 0.625. The SMILES string of the molecule is CC.CC(C)C(=O)Nc1nc2c(ncn2C2CC[C@@H](O)O2)c(=O)[nH]1.CO. The molecule has 10 nitrogen and oxygen atoms in total. The van der Waals surface area contributed by atoms with Crippen LogP contribution >= 0.6 is 0 Å². The number of carbonyl (C=O) groups excluding carboxylic acids is 1. The zero-order valence-electron chi connectivity index (χ0n) is 15.7. The van der Waals surface area contributed by atoms with E-state index in [2.05, 4.69) is 20.3 Å². The number of nitrogens with zero attached hydrogens (tertiary/aromatic N) is 3. The van der Waals surface area contributed by atoms with E-state index < -0.39 is 18.1 Å². The summed E-state index contributed by atoms with van der Waals surface area (Å²) in [5, 5.41) is 19.0. The maximum atomic E-state index is 12.0. The number of aliphatic hydroxyl groups excluding tert-OH is 2. The summed E-state index contributed by atoms with van der Waals surface area (Å²) in [5.74, 6) is -0.420. The maximum absolute atomic E-state index is 12.0. The molecular formula is C16H27N5O5. The number of anilines is 1. The molecule has 1 unspecified atom stereocenters. The second kappa shape index (κ2) is 10.00. The van der Waals surface area contributed by atoms with E-state index in [-0.39, 0.29) is 23.3 Å². The van der Waals surface area contributed by atoms with Crippen molar-refractivity contribution in [1.82, 2.24) is 19.5 Å². The van der Waals surface area contributed by atoms with Gasteiger partial charge < -0.3 is 14.9 Å². The Morgan fingerprint density at radius 1 is 1.38 bits per heavy atom. The molecule has 1 aliphatic heterocycles. The van der Waals surface area contributed by atoms with E-state index in [0.29, 0.717) is 18.5 Å². The lowest BCUT2D eigenvalue weighted by Crippen LogP contribution is -2.22. The van der Waals surface area contributed by atoms with Crippen molar-refractivity contribution >= 4 is 23.0 Å². The van der Waals surface area contributed by atoms with Gasteiger partial charge in [-0.05, 0) is 6.42 Å². The number of hydrogen-bond donors (Lipinski definition) is 4. The molecule has 146 valence electrons. The molecule has 1 aliphatic rings. The number of H-pyrrole nitrogens is 1.